The van der Waals surface area contributed by atoms with Gasteiger partial charge in [0.25, 0.3) is 0 Å². The first-order chi connectivity index (χ1) is 22.1. The minimum Gasteiger partial charge on any atom is -0.508 e. The quantitative estimate of drug-likeness (QED) is 0.153. The Morgan fingerprint density at radius 2 is 1.21 bits per heavy atom. The largest absolute Gasteiger partial charge is 0.508 e. The number of aromatic carboxylic acids is 1. The van der Waals surface area contributed by atoms with Gasteiger partial charge in [0.2, 0.25) is 5.91 Å². The van der Waals surface area contributed by atoms with Crippen molar-refractivity contribution in [2.45, 2.75) is 38.5 Å². The van der Waals surface area contributed by atoms with E-state index in [9.17, 15) is 54.3 Å². The van der Waals surface area contributed by atoms with Crippen LogP contribution in [-0.2, 0) is 19.2 Å². The second kappa shape index (κ2) is 9.64. The highest BCUT2D eigenvalue weighted by atomic mass is 16.4. The predicted octanol–water partition coefficient (Wildman–Crippen LogP) is 4.49. The zero-order valence-corrected chi connectivity index (χ0v) is 24.5. The summed E-state index contributed by atoms with van der Waals surface area (Å²) in [6, 6.07) is 12.4. The molecule has 2 aromatic carbocycles. The molecule has 1 heterocycles. The summed E-state index contributed by atoms with van der Waals surface area (Å²) in [7, 11) is 0. The zero-order chi connectivity index (χ0) is 33.7. The summed E-state index contributed by atoms with van der Waals surface area (Å²) in [5, 5.41) is 54.2. The van der Waals surface area contributed by atoms with Crippen LogP contribution in [0.3, 0.4) is 0 Å². The average molecular weight is 642 g/mol. The van der Waals surface area contributed by atoms with Crippen LogP contribution in [0, 0.1) is 21.7 Å². The normalized spacial score (nSPS) is 27.5. The van der Waals surface area contributed by atoms with E-state index in [0.717, 1.165) is 0 Å². The molecule has 0 aromatic heterocycles. The molecule has 8 rings (SSSR count). The van der Waals surface area contributed by atoms with Crippen molar-refractivity contribution in [3.05, 3.63) is 70.4 Å². The van der Waals surface area contributed by atoms with Crippen LogP contribution in [0.1, 0.15) is 48.9 Å². The first-order valence-corrected chi connectivity index (χ1v) is 14.7. The molecule has 5 aliphatic carbocycles. The van der Waals surface area contributed by atoms with Gasteiger partial charge in [-0.2, -0.15) is 0 Å². The summed E-state index contributed by atoms with van der Waals surface area (Å²) >= 11 is 0. The molecule has 13 heteroatoms. The second-order valence-corrected chi connectivity index (χ2v) is 13.4. The third-order valence-corrected chi connectivity index (χ3v) is 10.4. The zero-order valence-electron chi connectivity index (χ0n) is 24.5. The van der Waals surface area contributed by atoms with Crippen LogP contribution in [0.2, 0.25) is 0 Å². The number of carbonyl (C=O) groups is 5. The first-order valence-electron chi connectivity index (χ1n) is 14.7. The molecule has 0 saturated heterocycles. The van der Waals surface area contributed by atoms with Crippen LogP contribution in [0.4, 0.5) is 5.69 Å². The summed E-state index contributed by atoms with van der Waals surface area (Å²) in [5.41, 5.74) is -6.30. The molecule has 0 unspecified atom stereocenters. The number of fused-ring (bicyclic) bond motifs is 2. The van der Waals surface area contributed by atoms with Crippen LogP contribution >= 0.6 is 0 Å². The number of hydrogen-bond acceptors (Lipinski definition) is 8. The lowest BCUT2D eigenvalue weighted by molar-refractivity contribution is -0.223. The Morgan fingerprint density at radius 3 is 1.77 bits per heavy atom. The van der Waals surface area contributed by atoms with Gasteiger partial charge < -0.3 is 35.3 Å². The van der Waals surface area contributed by atoms with Gasteiger partial charge in [-0.05, 0) is 80.5 Å². The van der Waals surface area contributed by atoms with E-state index >= 15 is 0 Å². The number of amides is 1. The third kappa shape index (κ3) is 4.29. The Kier molecular flexibility index (Phi) is 6.15. The molecular weight excluding hydrogens is 614 g/mol. The maximum Gasteiger partial charge on any atom is 0.336 e. The average Bonchev–Trinajstić information content (AvgIpc) is 2.99. The predicted molar refractivity (Wildman–Crippen MR) is 162 cm³/mol. The Balaban J connectivity index is 1.33. The molecule has 1 aliphatic heterocycles. The van der Waals surface area contributed by atoms with E-state index in [1.54, 1.807) is 0 Å². The summed E-state index contributed by atoms with van der Waals surface area (Å²) in [6.45, 7) is 0. The number of phenols is 1. The second-order valence-electron chi connectivity index (χ2n) is 13.4. The lowest BCUT2D eigenvalue weighted by Gasteiger charge is -2.65. The van der Waals surface area contributed by atoms with Gasteiger partial charge in [-0.15, -0.1) is 0 Å². The topological polar surface area (TPSA) is 229 Å². The molecule has 6 aliphatic rings. The van der Waals surface area contributed by atoms with Crippen LogP contribution in [-0.4, -0.2) is 55.3 Å². The highest BCUT2D eigenvalue weighted by Gasteiger charge is 2.76. The number of aliphatic carboxylic acids is 3. The van der Waals surface area contributed by atoms with E-state index in [2.05, 4.69) is 5.32 Å². The number of anilines is 1. The number of carbonyl (C=O) groups excluding carboxylic acids is 1. The van der Waals surface area contributed by atoms with Crippen molar-refractivity contribution in [3.63, 3.8) is 0 Å². The molecule has 4 saturated carbocycles. The molecule has 47 heavy (non-hydrogen) atoms. The van der Waals surface area contributed by atoms with Crippen molar-refractivity contribution in [2.75, 3.05) is 5.32 Å². The molecule has 4 fully saturated rings. The molecule has 4 bridgehead atoms. The molecule has 6 N–H and O–H groups in total. The molecule has 0 atom stereocenters. The van der Waals surface area contributed by atoms with Gasteiger partial charge in [0.1, 0.15) is 17.1 Å². The number of carboxylic acids is 4. The number of aromatic hydroxyl groups is 1. The lowest BCUT2D eigenvalue weighted by atomic mass is 9.35. The summed E-state index contributed by atoms with van der Waals surface area (Å²) in [5.74, 6) is -6.18. The van der Waals surface area contributed by atoms with Crippen LogP contribution in [0.25, 0.3) is 33.4 Å². The smallest absolute Gasteiger partial charge is 0.336 e. The first kappa shape index (κ1) is 30.0. The fourth-order valence-electron chi connectivity index (χ4n) is 8.99. The molecule has 2 aromatic rings. The van der Waals surface area contributed by atoms with Crippen molar-refractivity contribution >= 4 is 46.4 Å². The van der Waals surface area contributed by atoms with E-state index in [0.29, 0.717) is 16.5 Å². The van der Waals surface area contributed by atoms with Crippen LogP contribution in [0.15, 0.2) is 63.8 Å². The number of benzene rings is 3. The van der Waals surface area contributed by atoms with E-state index < -0.39 is 51.4 Å². The van der Waals surface area contributed by atoms with E-state index in [-0.39, 0.29) is 77.9 Å². The maximum atomic E-state index is 14.1. The lowest BCUT2D eigenvalue weighted by Crippen LogP contribution is -2.69. The van der Waals surface area contributed by atoms with Crippen molar-refractivity contribution in [3.8, 4) is 28.2 Å². The van der Waals surface area contributed by atoms with Gasteiger partial charge in [-0.1, -0.05) is 6.07 Å². The van der Waals surface area contributed by atoms with Gasteiger partial charge in [-0.25, -0.2) is 4.79 Å². The van der Waals surface area contributed by atoms with Gasteiger partial charge >= 0.3 is 23.9 Å². The van der Waals surface area contributed by atoms with Gasteiger partial charge in [0, 0.05) is 34.3 Å². The minimum absolute atomic E-state index is 0.0127. The highest BCUT2D eigenvalue weighted by molar-refractivity contribution is 6.09. The number of carboxylic acid groups (broad SMARTS) is 4. The summed E-state index contributed by atoms with van der Waals surface area (Å²) in [4.78, 5) is 76.7. The van der Waals surface area contributed by atoms with Crippen LogP contribution in [0.5, 0.6) is 5.75 Å². The number of hydrogen-bond donors (Lipinski definition) is 6. The number of rotatable bonds is 7. The van der Waals surface area contributed by atoms with Gasteiger partial charge in [-0.3, -0.25) is 24.0 Å². The summed E-state index contributed by atoms with van der Waals surface area (Å²) < 4.78 is 5.85. The van der Waals surface area contributed by atoms with Crippen molar-refractivity contribution < 1.29 is 53.9 Å². The highest BCUT2D eigenvalue weighted by Crippen LogP contribution is 2.74. The van der Waals surface area contributed by atoms with Crippen molar-refractivity contribution in [2.24, 2.45) is 21.7 Å². The van der Waals surface area contributed by atoms with Gasteiger partial charge in [0.05, 0.1) is 27.2 Å². The van der Waals surface area contributed by atoms with Crippen molar-refractivity contribution in [1.29, 1.82) is 0 Å². The van der Waals surface area contributed by atoms with E-state index in [1.165, 1.54) is 54.6 Å². The van der Waals surface area contributed by atoms with Gasteiger partial charge in [0.15, 0.2) is 5.43 Å². The van der Waals surface area contributed by atoms with Crippen LogP contribution < -0.4 is 10.7 Å². The fourth-order valence-corrected chi connectivity index (χ4v) is 8.99. The molecule has 240 valence electrons. The summed E-state index contributed by atoms with van der Waals surface area (Å²) in [6.07, 6.45) is -1.63. The molecule has 1 amide bonds. The van der Waals surface area contributed by atoms with E-state index in [1.807, 2.05) is 0 Å². The Bertz CT molecular complexity index is 2050. The maximum absolute atomic E-state index is 14.1. The molecule has 0 spiro atoms. The Morgan fingerprint density at radius 1 is 0.660 bits per heavy atom. The molecule has 13 nitrogen and oxygen atoms in total. The Labute approximate surface area is 264 Å². The monoisotopic (exact) mass is 641 g/mol. The fraction of sp³-hybridized carbons (Fsp3) is 0.294. The standard InChI is InChI=1S/C34H27NO12/c36-17-2-5-20-23(8-17)47-24-9-18(37)3-6-21(24)25(20)19-4-1-16(7-22(19)26(38)39)35-27(40)31-10-32(28(41)42)13-33(11-31,29(43)44)15-34(12-31,14-32)30(45)46/h1-9,36H,10-15H2,(H,35,40)(H,38,39)(H,41,42)(H,43,44)(H,45,46). The number of phenolic OH excluding ortho intramolecular Hbond substituents is 1. The van der Waals surface area contributed by atoms with E-state index in [4.69, 9.17) is 4.42 Å². The van der Waals surface area contributed by atoms with Crippen molar-refractivity contribution in [1.82, 2.24) is 0 Å². The molecule has 0 radical (unpaired) electrons. The Hall–Kier alpha value is -5.72. The molecular formula is C34H27NO12. The SMILES string of the molecule is O=C(O)c1cc(NC(=O)C23CC4(C(=O)O)CC(C(=O)O)(CC(C(=O)O)(C4)C2)C3)ccc1-c1c2ccc(=O)cc-2oc2cc(O)ccc12. The number of nitrogens with one attached hydrogen (secondary N) is 1. The third-order valence-electron chi connectivity index (χ3n) is 10.4. The minimum atomic E-state index is -1.74.